The molecule has 1 aliphatic heterocycles. The molecule has 7 heteroatoms. The highest BCUT2D eigenvalue weighted by Gasteiger charge is 2.33. The molecule has 118 valence electrons. The Hall–Kier alpha value is -0.750. The largest absolute Gasteiger partial charge is 0.416 e. The Morgan fingerprint density at radius 1 is 1.24 bits per heavy atom. The van der Waals surface area contributed by atoms with Crippen molar-refractivity contribution in [3.05, 3.63) is 35.4 Å². The van der Waals surface area contributed by atoms with Crippen molar-refractivity contribution in [2.45, 2.75) is 19.0 Å². The van der Waals surface area contributed by atoms with Crippen LogP contribution < -0.4 is 0 Å². The summed E-state index contributed by atoms with van der Waals surface area (Å²) in [5.41, 5.74) is 0.0649. The van der Waals surface area contributed by atoms with E-state index >= 15 is 0 Å². The van der Waals surface area contributed by atoms with Crippen LogP contribution in [0.4, 0.5) is 13.2 Å². The summed E-state index contributed by atoms with van der Waals surface area (Å²) in [4.78, 5) is 0. The molecule has 0 aliphatic carbocycles. The van der Waals surface area contributed by atoms with Gasteiger partial charge in [-0.05, 0) is 42.4 Å². The van der Waals surface area contributed by atoms with Gasteiger partial charge in [-0.1, -0.05) is 12.1 Å². The van der Waals surface area contributed by atoms with Crippen LogP contribution in [0.5, 0.6) is 0 Å². The second-order valence-electron chi connectivity index (χ2n) is 5.48. The van der Waals surface area contributed by atoms with Gasteiger partial charge in [0.1, 0.15) is 0 Å². The van der Waals surface area contributed by atoms with Crippen molar-refractivity contribution >= 4 is 21.4 Å². The SMILES string of the molecule is O=S1(=O)CCC(C(CCl)Cc2ccc(C(F)(F)F)cc2)C1. The van der Waals surface area contributed by atoms with Crippen molar-refractivity contribution in [2.24, 2.45) is 11.8 Å². The first-order valence-electron chi connectivity index (χ1n) is 6.64. The molecule has 2 rings (SSSR count). The van der Waals surface area contributed by atoms with Crippen LogP contribution >= 0.6 is 11.6 Å². The third-order valence-corrected chi connectivity index (χ3v) is 6.10. The molecule has 1 heterocycles. The molecule has 2 unspecified atom stereocenters. The molecule has 0 aromatic heterocycles. The minimum Gasteiger partial charge on any atom is -0.229 e. The molecule has 1 fully saturated rings. The first-order chi connectivity index (χ1) is 9.71. The summed E-state index contributed by atoms with van der Waals surface area (Å²) in [5, 5.41) is 0. The normalized spacial score (nSPS) is 23.1. The molecule has 0 bridgehead atoms. The minimum atomic E-state index is -4.34. The lowest BCUT2D eigenvalue weighted by atomic mass is 9.87. The van der Waals surface area contributed by atoms with Gasteiger partial charge in [-0.2, -0.15) is 13.2 Å². The molecule has 2 nitrogen and oxygen atoms in total. The van der Waals surface area contributed by atoms with Gasteiger partial charge in [0.15, 0.2) is 9.84 Å². The van der Waals surface area contributed by atoms with Crippen molar-refractivity contribution in [2.75, 3.05) is 17.4 Å². The molecule has 1 saturated heterocycles. The number of rotatable bonds is 4. The maximum absolute atomic E-state index is 12.5. The molecule has 0 saturated carbocycles. The number of sulfone groups is 1. The van der Waals surface area contributed by atoms with Gasteiger partial charge in [0.2, 0.25) is 0 Å². The Morgan fingerprint density at radius 2 is 1.86 bits per heavy atom. The van der Waals surface area contributed by atoms with Crippen LogP contribution in [-0.4, -0.2) is 25.8 Å². The van der Waals surface area contributed by atoms with Crippen LogP contribution in [0.3, 0.4) is 0 Å². The van der Waals surface area contributed by atoms with Crippen LogP contribution in [0.15, 0.2) is 24.3 Å². The average molecular weight is 341 g/mol. The van der Waals surface area contributed by atoms with Gasteiger partial charge in [0, 0.05) is 5.88 Å². The first-order valence-corrected chi connectivity index (χ1v) is 8.99. The fourth-order valence-corrected chi connectivity index (χ4v) is 4.96. The Bertz CT molecular complexity index is 581. The Kier molecular flexibility index (Phi) is 4.88. The second-order valence-corrected chi connectivity index (χ2v) is 8.01. The standard InChI is InChI=1S/C14H16ClF3O2S/c15-8-12(11-5-6-21(19,20)9-11)7-10-1-3-13(4-2-10)14(16,17)18/h1-4,11-12H,5-9H2. The average Bonchev–Trinajstić information content (AvgIpc) is 2.75. The van der Waals surface area contributed by atoms with E-state index in [1.54, 1.807) is 0 Å². The number of alkyl halides is 4. The monoisotopic (exact) mass is 340 g/mol. The highest BCUT2D eigenvalue weighted by Crippen LogP contribution is 2.32. The Balaban J connectivity index is 2.06. The topological polar surface area (TPSA) is 34.1 Å². The molecule has 0 N–H and O–H groups in total. The lowest BCUT2D eigenvalue weighted by Crippen LogP contribution is -2.20. The van der Waals surface area contributed by atoms with E-state index < -0.39 is 21.6 Å². The zero-order chi connectivity index (χ0) is 15.7. The van der Waals surface area contributed by atoms with Gasteiger partial charge in [0.05, 0.1) is 17.1 Å². The van der Waals surface area contributed by atoms with Gasteiger partial charge in [-0.15, -0.1) is 11.6 Å². The van der Waals surface area contributed by atoms with E-state index in [1.165, 1.54) is 12.1 Å². The summed E-state index contributed by atoms with van der Waals surface area (Å²) in [6.07, 6.45) is -3.26. The molecule has 0 radical (unpaired) electrons. The van der Waals surface area contributed by atoms with E-state index in [1.807, 2.05) is 0 Å². The Morgan fingerprint density at radius 3 is 2.29 bits per heavy atom. The van der Waals surface area contributed by atoms with Gasteiger partial charge in [-0.25, -0.2) is 8.42 Å². The quantitative estimate of drug-likeness (QED) is 0.786. The molecular weight excluding hydrogens is 325 g/mol. The zero-order valence-corrected chi connectivity index (χ0v) is 12.8. The van der Waals surface area contributed by atoms with Crippen LogP contribution in [-0.2, 0) is 22.4 Å². The molecule has 2 atom stereocenters. The van der Waals surface area contributed by atoms with E-state index in [4.69, 9.17) is 11.6 Å². The van der Waals surface area contributed by atoms with E-state index in [9.17, 15) is 21.6 Å². The van der Waals surface area contributed by atoms with Crippen molar-refractivity contribution < 1.29 is 21.6 Å². The summed E-state index contributed by atoms with van der Waals surface area (Å²) in [5.74, 6) is 0.583. The smallest absolute Gasteiger partial charge is 0.229 e. The third kappa shape index (κ3) is 4.36. The van der Waals surface area contributed by atoms with Crippen molar-refractivity contribution in [1.82, 2.24) is 0 Å². The van der Waals surface area contributed by atoms with Crippen LogP contribution in [0, 0.1) is 11.8 Å². The molecule has 21 heavy (non-hydrogen) atoms. The molecule has 0 spiro atoms. The van der Waals surface area contributed by atoms with E-state index in [2.05, 4.69) is 0 Å². The summed E-state index contributed by atoms with van der Waals surface area (Å²) >= 11 is 5.92. The maximum atomic E-state index is 12.5. The molecule has 1 aliphatic rings. The highest BCUT2D eigenvalue weighted by molar-refractivity contribution is 7.91. The van der Waals surface area contributed by atoms with Crippen LogP contribution in [0.25, 0.3) is 0 Å². The fraction of sp³-hybridized carbons (Fsp3) is 0.571. The summed E-state index contributed by atoms with van der Waals surface area (Å²) in [6, 6.07) is 4.97. The molecule has 0 amide bonds. The number of hydrogen-bond acceptors (Lipinski definition) is 2. The lowest BCUT2D eigenvalue weighted by molar-refractivity contribution is -0.137. The van der Waals surface area contributed by atoms with Gasteiger partial charge >= 0.3 is 6.18 Å². The molecule has 1 aromatic carbocycles. The number of halogens is 4. The minimum absolute atomic E-state index is 0.00482. The van der Waals surface area contributed by atoms with Crippen molar-refractivity contribution in [1.29, 1.82) is 0 Å². The van der Waals surface area contributed by atoms with Gasteiger partial charge in [-0.3, -0.25) is 0 Å². The predicted octanol–water partition coefficient (Wildman–Crippen LogP) is 3.54. The van der Waals surface area contributed by atoms with Crippen molar-refractivity contribution in [3.8, 4) is 0 Å². The fourth-order valence-electron chi connectivity index (χ4n) is 2.68. The zero-order valence-electron chi connectivity index (χ0n) is 11.2. The molecular formula is C14H16ClF3O2S. The van der Waals surface area contributed by atoms with E-state index in [0.29, 0.717) is 18.7 Å². The Labute approximate surface area is 127 Å². The number of benzene rings is 1. The van der Waals surface area contributed by atoms with Gasteiger partial charge in [0.25, 0.3) is 0 Å². The van der Waals surface area contributed by atoms with Crippen LogP contribution in [0.1, 0.15) is 17.5 Å². The van der Waals surface area contributed by atoms with E-state index in [0.717, 1.165) is 17.7 Å². The van der Waals surface area contributed by atoms with Crippen molar-refractivity contribution in [3.63, 3.8) is 0 Å². The number of hydrogen-bond donors (Lipinski definition) is 0. The third-order valence-electron chi connectivity index (χ3n) is 3.91. The highest BCUT2D eigenvalue weighted by atomic mass is 35.5. The maximum Gasteiger partial charge on any atom is 0.416 e. The van der Waals surface area contributed by atoms with Crippen LogP contribution in [0.2, 0.25) is 0 Å². The first kappa shape index (κ1) is 16.6. The second kappa shape index (κ2) is 6.16. The lowest BCUT2D eigenvalue weighted by Gasteiger charge is -2.20. The predicted molar refractivity (Wildman–Crippen MR) is 76.1 cm³/mol. The van der Waals surface area contributed by atoms with Gasteiger partial charge < -0.3 is 0 Å². The summed E-state index contributed by atoms with van der Waals surface area (Å²) in [6.45, 7) is 0. The molecule has 1 aromatic rings. The summed E-state index contributed by atoms with van der Waals surface area (Å²) < 4.78 is 60.5. The van der Waals surface area contributed by atoms with E-state index in [-0.39, 0.29) is 23.3 Å². The summed E-state index contributed by atoms with van der Waals surface area (Å²) in [7, 11) is -2.98.